The van der Waals surface area contributed by atoms with Crippen LogP contribution in [0.15, 0.2) is 18.2 Å². The van der Waals surface area contributed by atoms with Gasteiger partial charge in [-0.1, -0.05) is 12.1 Å². The molecule has 0 aliphatic carbocycles. The van der Waals surface area contributed by atoms with Gasteiger partial charge in [-0.3, -0.25) is 4.79 Å². The lowest BCUT2D eigenvalue weighted by atomic mass is 10.0. The molecule has 0 aliphatic rings. The molecule has 5 heteroatoms. The average Bonchev–Trinajstić information content (AvgIpc) is 2.08. The molecule has 0 radical (unpaired) electrons. The van der Waals surface area contributed by atoms with Gasteiger partial charge in [0, 0.05) is 11.6 Å². The van der Waals surface area contributed by atoms with Gasteiger partial charge in [-0.15, -0.1) is 0 Å². The molecule has 0 fully saturated rings. The Morgan fingerprint density at radius 2 is 2.14 bits per heavy atom. The first-order valence-corrected chi connectivity index (χ1v) is 4.07. The van der Waals surface area contributed by atoms with Crippen molar-refractivity contribution in [3.05, 3.63) is 23.8 Å². The number of rotatable bonds is 3. The minimum atomic E-state index is -1.01. The summed E-state index contributed by atoms with van der Waals surface area (Å²) in [6, 6.07) is 3.95. The lowest BCUT2D eigenvalue weighted by Gasteiger charge is -2.12. The number of anilines is 1. The van der Waals surface area contributed by atoms with Crippen LogP contribution in [0.3, 0.4) is 0 Å². The molecular weight excluding hydrogens is 184 g/mol. The van der Waals surface area contributed by atoms with E-state index in [9.17, 15) is 9.90 Å². The van der Waals surface area contributed by atoms with Crippen molar-refractivity contribution in [3.63, 3.8) is 0 Å². The van der Waals surface area contributed by atoms with Crippen LogP contribution in [-0.2, 0) is 4.79 Å². The number of hydrogen-bond acceptors (Lipinski definition) is 4. The molecule has 0 amide bonds. The Kier molecular flexibility index (Phi) is 2.93. The van der Waals surface area contributed by atoms with Crippen molar-refractivity contribution < 1.29 is 15.0 Å². The van der Waals surface area contributed by atoms with E-state index in [-0.39, 0.29) is 17.9 Å². The monoisotopic (exact) mass is 196 g/mol. The molecule has 0 saturated carbocycles. The number of aliphatic carboxylic acids is 1. The van der Waals surface area contributed by atoms with Crippen molar-refractivity contribution in [2.24, 2.45) is 5.73 Å². The zero-order valence-electron chi connectivity index (χ0n) is 7.47. The van der Waals surface area contributed by atoms with E-state index >= 15 is 0 Å². The van der Waals surface area contributed by atoms with Gasteiger partial charge in [0.1, 0.15) is 5.75 Å². The first-order valence-electron chi connectivity index (χ1n) is 4.07. The predicted octanol–water partition coefficient (Wildman–Crippen LogP) is 0.449. The molecule has 1 atom stereocenters. The Bertz CT molecular complexity index is 352. The molecule has 14 heavy (non-hydrogen) atoms. The number of hydrogen-bond donors (Lipinski definition) is 4. The number of phenolic OH excluding ortho intramolecular Hbond substituents is 1. The second-order valence-electron chi connectivity index (χ2n) is 2.99. The van der Waals surface area contributed by atoms with Gasteiger partial charge in [-0.05, 0) is 6.07 Å². The van der Waals surface area contributed by atoms with Crippen molar-refractivity contribution in [1.29, 1.82) is 0 Å². The van der Waals surface area contributed by atoms with Crippen LogP contribution in [0.25, 0.3) is 0 Å². The number of aromatic hydroxyl groups is 1. The van der Waals surface area contributed by atoms with Crippen LogP contribution in [0.1, 0.15) is 18.0 Å². The normalized spacial score (nSPS) is 12.4. The molecule has 1 aromatic carbocycles. The van der Waals surface area contributed by atoms with Crippen molar-refractivity contribution in [1.82, 2.24) is 0 Å². The van der Waals surface area contributed by atoms with E-state index in [4.69, 9.17) is 16.6 Å². The molecule has 0 spiro atoms. The summed E-state index contributed by atoms with van der Waals surface area (Å²) in [5.41, 5.74) is 11.6. The van der Waals surface area contributed by atoms with Gasteiger partial charge in [-0.2, -0.15) is 0 Å². The van der Waals surface area contributed by atoms with E-state index in [1.54, 1.807) is 12.1 Å². The van der Waals surface area contributed by atoms with Crippen LogP contribution in [0, 0.1) is 0 Å². The molecule has 0 aromatic heterocycles. The fourth-order valence-electron chi connectivity index (χ4n) is 1.18. The lowest BCUT2D eigenvalue weighted by molar-refractivity contribution is -0.137. The van der Waals surface area contributed by atoms with E-state index in [0.717, 1.165) is 0 Å². The molecule has 5 nitrogen and oxygen atoms in total. The zero-order chi connectivity index (χ0) is 10.7. The zero-order valence-corrected chi connectivity index (χ0v) is 7.47. The number of para-hydroxylation sites is 1. The SMILES string of the molecule is Nc1cccc([C@H](N)CC(=O)O)c1O. The molecule has 0 saturated heterocycles. The molecule has 0 aliphatic heterocycles. The van der Waals surface area contributed by atoms with Crippen LogP contribution < -0.4 is 11.5 Å². The average molecular weight is 196 g/mol. The van der Waals surface area contributed by atoms with Crippen molar-refractivity contribution in [2.45, 2.75) is 12.5 Å². The summed E-state index contributed by atoms with van der Waals surface area (Å²) in [5, 5.41) is 18.0. The van der Waals surface area contributed by atoms with Gasteiger partial charge in [-0.25, -0.2) is 0 Å². The predicted molar refractivity (Wildman–Crippen MR) is 51.7 cm³/mol. The second kappa shape index (κ2) is 3.97. The number of nitrogens with two attached hydrogens (primary N) is 2. The fraction of sp³-hybridized carbons (Fsp3) is 0.222. The van der Waals surface area contributed by atoms with Crippen LogP contribution in [0.2, 0.25) is 0 Å². The largest absolute Gasteiger partial charge is 0.505 e. The Hall–Kier alpha value is -1.75. The maximum Gasteiger partial charge on any atom is 0.305 e. The highest BCUT2D eigenvalue weighted by Gasteiger charge is 2.15. The summed E-state index contributed by atoms with van der Waals surface area (Å²) < 4.78 is 0. The maximum absolute atomic E-state index is 10.4. The lowest BCUT2D eigenvalue weighted by Crippen LogP contribution is -2.15. The summed E-state index contributed by atoms with van der Waals surface area (Å²) >= 11 is 0. The Morgan fingerprint density at radius 1 is 1.50 bits per heavy atom. The minimum absolute atomic E-state index is 0.138. The van der Waals surface area contributed by atoms with Crippen molar-refractivity contribution in [3.8, 4) is 5.75 Å². The van der Waals surface area contributed by atoms with Gasteiger partial charge < -0.3 is 21.7 Å². The van der Waals surface area contributed by atoms with Crippen molar-refractivity contribution in [2.75, 3.05) is 5.73 Å². The van der Waals surface area contributed by atoms with E-state index in [1.165, 1.54) is 6.07 Å². The van der Waals surface area contributed by atoms with E-state index in [1.807, 2.05) is 0 Å². The molecule has 0 heterocycles. The summed E-state index contributed by atoms with van der Waals surface area (Å²) in [4.78, 5) is 10.4. The Balaban J connectivity index is 2.95. The smallest absolute Gasteiger partial charge is 0.305 e. The number of benzene rings is 1. The van der Waals surface area contributed by atoms with Crippen LogP contribution in [0.4, 0.5) is 5.69 Å². The standard InChI is InChI=1S/C9H12N2O3/c10-6-3-1-2-5(9(6)14)7(11)4-8(12)13/h1-3,7,14H,4,10-11H2,(H,12,13)/t7-/m1/s1. The quantitative estimate of drug-likeness (QED) is 0.414. The summed E-state index contributed by atoms with van der Waals surface area (Å²) in [5.74, 6) is -1.15. The number of carboxylic acids is 1. The molecule has 0 bridgehead atoms. The maximum atomic E-state index is 10.4. The van der Waals surface area contributed by atoms with Crippen LogP contribution >= 0.6 is 0 Å². The van der Waals surface area contributed by atoms with E-state index < -0.39 is 12.0 Å². The molecule has 0 unspecified atom stereocenters. The van der Waals surface area contributed by atoms with E-state index in [2.05, 4.69) is 0 Å². The van der Waals surface area contributed by atoms with Gasteiger partial charge in [0.25, 0.3) is 0 Å². The third-order valence-corrected chi connectivity index (χ3v) is 1.89. The first kappa shape index (κ1) is 10.3. The highest BCUT2D eigenvalue weighted by atomic mass is 16.4. The van der Waals surface area contributed by atoms with Crippen molar-refractivity contribution >= 4 is 11.7 Å². The van der Waals surface area contributed by atoms with Gasteiger partial charge in [0.15, 0.2) is 0 Å². The molecular formula is C9H12N2O3. The Labute approximate surface area is 81.0 Å². The molecule has 1 aromatic rings. The number of carboxylic acid groups (broad SMARTS) is 1. The second-order valence-corrected chi connectivity index (χ2v) is 2.99. The van der Waals surface area contributed by atoms with Gasteiger partial charge in [0.2, 0.25) is 0 Å². The van der Waals surface area contributed by atoms with Gasteiger partial charge in [0.05, 0.1) is 12.1 Å². The molecule has 76 valence electrons. The fourth-order valence-corrected chi connectivity index (χ4v) is 1.18. The Morgan fingerprint density at radius 3 is 2.71 bits per heavy atom. The van der Waals surface area contributed by atoms with Crippen LogP contribution in [-0.4, -0.2) is 16.2 Å². The summed E-state index contributed by atoms with van der Waals surface area (Å²) in [6.07, 6.45) is -0.239. The first-order chi connectivity index (χ1) is 6.52. The highest BCUT2D eigenvalue weighted by Crippen LogP contribution is 2.29. The summed E-state index contributed by atoms with van der Waals surface area (Å²) in [6.45, 7) is 0. The van der Waals surface area contributed by atoms with Crippen LogP contribution in [0.5, 0.6) is 5.75 Å². The number of carbonyl (C=O) groups is 1. The topological polar surface area (TPSA) is 110 Å². The van der Waals surface area contributed by atoms with Gasteiger partial charge >= 0.3 is 5.97 Å². The third-order valence-electron chi connectivity index (χ3n) is 1.89. The third kappa shape index (κ3) is 2.14. The highest BCUT2D eigenvalue weighted by molar-refractivity contribution is 5.68. The number of nitrogen functional groups attached to an aromatic ring is 1. The number of phenols is 1. The van der Waals surface area contributed by atoms with E-state index in [0.29, 0.717) is 5.56 Å². The molecule has 6 N–H and O–H groups in total. The minimum Gasteiger partial charge on any atom is -0.505 e. The molecule has 1 rings (SSSR count). The summed E-state index contributed by atoms with van der Waals surface area (Å²) in [7, 11) is 0.